The molecule has 0 saturated carbocycles. The lowest BCUT2D eigenvalue weighted by atomic mass is 10.1. The van der Waals surface area contributed by atoms with Crippen molar-refractivity contribution in [2.45, 2.75) is 12.8 Å². The van der Waals surface area contributed by atoms with E-state index >= 15 is 0 Å². The van der Waals surface area contributed by atoms with Crippen molar-refractivity contribution >= 4 is 5.97 Å². The third-order valence-corrected chi connectivity index (χ3v) is 3.82. The molecule has 3 rings (SSSR count). The molecular weight excluding hydrogens is 373 g/mol. The van der Waals surface area contributed by atoms with Crippen LogP contribution in [0.15, 0.2) is 72.8 Å². The molecule has 0 amide bonds. The van der Waals surface area contributed by atoms with Gasteiger partial charge in [-0.15, -0.1) is 0 Å². The number of ether oxygens (including phenoxy) is 2. The fraction of sp³-hybridized carbons (Fsp3) is 0.0952. The van der Waals surface area contributed by atoms with E-state index in [0.717, 1.165) is 23.8 Å². The Morgan fingerprint density at radius 2 is 1.57 bits per heavy atom. The van der Waals surface area contributed by atoms with Gasteiger partial charge in [0.25, 0.3) is 0 Å². The standard InChI is InChI=1S/C21H15F3O4/c22-21(23,24)18-11-5-10-17(20(25)26)19(18)28-16-9-4-8-15(12-16)27-13-14-6-2-1-3-7-14/h1-12H,13H2,(H,25,26). The summed E-state index contributed by atoms with van der Waals surface area (Å²) in [4.78, 5) is 11.3. The number of carboxylic acids is 1. The lowest BCUT2D eigenvalue weighted by Gasteiger charge is -2.16. The summed E-state index contributed by atoms with van der Waals surface area (Å²) in [5.74, 6) is -1.87. The van der Waals surface area contributed by atoms with E-state index < -0.39 is 29.0 Å². The number of alkyl halides is 3. The van der Waals surface area contributed by atoms with Gasteiger partial charge >= 0.3 is 12.1 Å². The maximum atomic E-state index is 13.3. The number of carboxylic acid groups (broad SMARTS) is 1. The number of hydrogen-bond donors (Lipinski definition) is 1. The summed E-state index contributed by atoms with van der Waals surface area (Å²) in [5.41, 5.74) is -0.821. The molecule has 3 aromatic rings. The first-order chi connectivity index (χ1) is 13.3. The zero-order valence-electron chi connectivity index (χ0n) is 14.4. The Hall–Kier alpha value is -3.48. The summed E-state index contributed by atoms with van der Waals surface area (Å²) in [7, 11) is 0. The first-order valence-electron chi connectivity index (χ1n) is 8.23. The minimum atomic E-state index is -4.76. The number of rotatable bonds is 6. The van der Waals surface area contributed by atoms with E-state index in [4.69, 9.17) is 9.47 Å². The second kappa shape index (κ2) is 8.04. The van der Waals surface area contributed by atoms with Crippen LogP contribution in [0, 0.1) is 0 Å². The summed E-state index contributed by atoms with van der Waals surface area (Å²) in [6, 6.07) is 18.2. The fourth-order valence-electron chi connectivity index (χ4n) is 2.52. The van der Waals surface area contributed by atoms with Gasteiger partial charge in [-0.1, -0.05) is 42.5 Å². The summed E-state index contributed by atoms with van der Waals surface area (Å²) in [6.45, 7) is 0.268. The van der Waals surface area contributed by atoms with Crippen molar-refractivity contribution in [3.63, 3.8) is 0 Å². The third kappa shape index (κ3) is 4.62. The monoisotopic (exact) mass is 388 g/mol. The van der Waals surface area contributed by atoms with Gasteiger partial charge in [-0.3, -0.25) is 0 Å². The Balaban J connectivity index is 1.87. The first-order valence-corrected chi connectivity index (χ1v) is 8.23. The Morgan fingerprint density at radius 1 is 0.893 bits per heavy atom. The van der Waals surface area contributed by atoms with Crippen molar-refractivity contribution in [3.8, 4) is 17.2 Å². The molecule has 0 aliphatic carbocycles. The smallest absolute Gasteiger partial charge is 0.420 e. The zero-order valence-corrected chi connectivity index (χ0v) is 14.4. The molecule has 0 aliphatic heterocycles. The van der Waals surface area contributed by atoms with Crippen LogP contribution in [0.4, 0.5) is 13.2 Å². The number of benzene rings is 3. The lowest BCUT2D eigenvalue weighted by molar-refractivity contribution is -0.138. The molecule has 3 aromatic carbocycles. The van der Waals surface area contributed by atoms with Crippen LogP contribution in [0.25, 0.3) is 0 Å². The molecule has 0 aromatic heterocycles. The average molecular weight is 388 g/mol. The van der Waals surface area contributed by atoms with E-state index in [0.29, 0.717) is 5.75 Å². The van der Waals surface area contributed by atoms with Gasteiger partial charge in [0, 0.05) is 6.07 Å². The quantitative estimate of drug-likeness (QED) is 0.582. The molecule has 0 radical (unpaired) electrons. The number of aromatic carboxylic acids is 1. The number of para-hydroxylation sites is 1. The van der Waals surface area contributed by atoms with Gasteiger partial charge in [-0.25, -0.2) is 4.79 Å². The van der Waals surface area contributed by atoms with Crippen LogP contribution in [-0.4, -0.2) is 11.1 Å². The molecule has 0 heterocycles. The molecule has 0 fully saturated rings. The molecule has 1 N–H and O–H groups in total. The Kier molecular flexibility index (Phi) is 5.54. The van der Waals surface area contributed by atoms with Gasteiger partial charge in [0.05, 0.1) is 5.56 Å². The number of hydrogen-bond acceptors (Lipinski definition) is 3. The van der Waals surface area contributed by atoms with Gasteiger partial charge in [-0.2, -0.15) is 13.2 Å². The summed E-state index contributed by atoms with van der Waals surface area (Å²) in [5, 5.41) is 9.23. The van der Waals surface area contributed by atoms with Crippen molar-refractivity contribution < 1.29 is 32.5 Å². The molecule has 0 atom stereocenters. The highest BCUT2D eigenvalue weighted by molar-refractivity contribution is 5.91. The average Bonchev–Trinajstić information content (AvgIpc) is 2.66. The minimum Gasteiger partial charge on any atom is -0.489 e. The molecule has 0 aliphatic rings. The fourth-order valence-corrected chi connectivity index (χ4v) is 2.52. The highest BCUT2D eigenvalue weighted by Gasteiger charge is 2.36. The van der Waals surface area contributed by atoms with Crippen molar-refractivity contribution in [1.82, 2.24) is 0 Å². The van der Waals surface area contributed by atoms with Crippen LogP contribution in [0.5, 0.6) is 17.2 Å². The molecule has 0 bridgehead atoms. The SMILES string of the molecule is O=C(O)c1cccc(C(F)(F)F)c1Oc1cccc(OCc2ccccc2)c1. The zero-order chi connectivity index (χ0) is 20.1. The Labute approximate surface area is 158 Å². The summed E-state index contributed by atoms with van der Waals surface area (Å²) < 4.78 is 50.8. The topological polar surface area (TPSA) is 55.8 Å². The van der Waals surface area contributed by atoms with Gasteiger partial charge < -0.3 is 14.6 Å². The van der Waals surface area contributed by atoms with Crippen LogP contribution >= 0.6 is 0 Å². The van der Waals surface area contributed by atoms with E-state index in [9.17, 15) is 23.1 Å². The predicted octanol–water partition coefficient (Wildman–Crippen LogP) is 5.77. The molecule has 0 spiro atoms. The normalized spacial score (nSPS) is 11.1. The highest BCUT2D eigenvalue weighted by atomic mass is 19.4. The van der Waals surface area contributed by atoms with Gasteiger partial charge in [0.2, 0.25) is 0 Å². The van der Waals surface area contributed by atoms with Gasteiger partial charge in [0.1, 0.15) is 23.7 Å². The third-order valence-electron chi connectivity index (χ3n) is 3.82. The first kappa shape index (κ1) is 19.3. The molecule has 0 saturated heterocycles. The second-order valence-corrected chi connectivity index (χ2v) is 5.84. The summed E-state index contributed by atoms with van der Waals surface area (Å²) >= 11 is 0. The number of halogens is 3. The van der Waals surface area contributed by atoms with Crippen LogP contribution in [-0.2, 0) is 12.8 Å². The largest absolute Gasteiger partial charge is 0.489 e. The molecular formula is C21H15F3O4. The molecule has 144 valence electrons. The van der Waals surface area contributed by atoms with Crippen LogP contribution < -0.4 is 9.47 Å². The van der Waals surface area contributed by atoms with Crippen LogP contribution in [0.2, 0.25) is 0 Å². The van der Waals surface area contributed by atoms with Crippen LogP contribution in [0.3, 0.4) is 0 Å². The number of carbonyl (C=O) groups is 1. The van der Waals surface area contributed by atoms with Crippen molar-refractivity contribution in [2.24, 2.45) is 0 Å². The minimum absolute atomic E-state index is 0.0322. The maximum absolute atomic E-state index is 13.3. The van der Waals surface area contributed by atoms with E-state index in [1.165, 1.54) is 12.1 Å². The lowest BCUT2D eigenvalue weighted by Crippen LogP contribution is -2.11. The van der Waals surface area contributed by atoms with Gasteiger partial charge in [-0.05, 0) is 29.8 Å². The van der Waals surface area contributed by atoms with E-state index in [1.54, 1.807) is 12.1 Å². The maximum Gasteiger partial charge on any atom is 0.420 e. The van der Waals surface area contributed by atoms with E-state index in [2.05, 4.69) is 0 Å². The molecule has 4 nitrogen and oxygen atoms in total. The van der Waals surface area contributed by atoms with E-state index in [-0.39, 0.29) is 12.4 Å². The second-order valence-electron chi connectivity index (χ2n) is 5.84. The molecule has 0 unspecified atom stereocenters. The van der Waals surface area contributed by atoms with E-state index in [1.807, 2.05) is 30.3 Å². The van der Waals surface area contributed by atoms with Crippen molar-refractivity contribution in [3.05, 3.63) is 89.5 Å². The van der Waals surface area contributed by atoms with Crippen molar-refractivity contribution in [2.75, 3.05) is 0 Å². The Bertz CT molecular complexity index is 969. The van der Waals surface area contributed by atoms with Crippen LogP contribution in [0.1, 0.15) is 21.5 Å². The highest BCUT2D eigenvalue weighted by Crippen LogP contribution is 2.40. The van der Waals surface area contributed by atoms with Gasteiger partial charge in [0.15, 0.2) is 5.75 Å². The summed E-state index contributed by atoms with van der Waals surface area (Å²) in [6.07, 6.45) is -4.76. The molecule has 28 heavy (non-hydrogen) atoms. The predicted molar refractivity (Wildman–Crippen MR) is 95.7 cm³/mol. The Morgan fingerprint density at radius 3 is 2.25 bits per heavy atom. The molecule has 7 heteroatoms. The van der Waals surface area contributed by atoms with Crippen molar-refractivity contribution in [1.29, 1.82) is 0 Å².